The number of nitrogens with one attached hydrogen (secondary N) is 1. The highest BCUT2D eigenvalue weighted by molar-refractivity contribution is 6.35. The Morgan fingerprint density at radius 2 is 1.86 bits per heavy atom. The standard InChI is InChI=1S/C21H14Cl3N3O/c22-16-3-1-4-18(10-16)26-21(28)15(12-25)9-19-5-2-8-27(19)13-14-6-7-17(23)11-20(14)24/h1-11H,13H2,(H,26,28)/b15-9+. The lowest BCUT2D eigenvalue weighted by atomic mass is 10.2. The molecular formula is C21H14Cl3N3O. The van der Waals surface area contributed by atoms with Gasteiger partial charge in [-0.05, 0) is 54.1 Å². The van der Waals surface area contributed by atoms with Crippen molar-refractivity contribution < 1.29 is 4.79 Å². The largest absolute Gasteiger partial charge is 0.343 e. The third-order valence-corrected chi connectivity index (χ3v) is 4.78. The Morgan fingerprint density at radius 1 is 1.07 bits per heavy atom. The molecule has 0 atom stereocenters. The van der Waals surface area contributed by atoms with Gasteiger partial charge in [-0.15, -0.1) is 0 Å². The van der Waals surface area contributed by atoms with E-state index in [4.69, 9.17) is 34.8 Å². The first-order valence-corrected chi connectivity index (χ1v) is 9.37. The number of carbonyl (C=O) groups excluding carboxylic acids is 1. The SMILES string of the molecule is N#C/C(=C\c1cccn1Cc1ccc(Cl)cc1Cl)C(=O)Nc1cccc(Cl)c1. The van der Waals surface area contributed by atoms with Gasteiger partial charge in [0.2, 0.25) is 0 Å². The summed E-state index contributed by atoms with van der Waals surface area (Å²) >= 11 is 18.1. The van der Waals surface area contributed by atoms with Crippen LogP contribution in [-0.4, -0.2) is 10.5 Å². The molecule has 1 aromatic heterocycles. The second-order valence-corrected chi connectivity index (χ2v) is 7.21. The van der Waals surface area contributed by atoms with Crippen LogP contribution in [0.2, 0.25) is 15.1 Å². The minimum absolute atomic E-state index is 0.0258. The van der Waals surface area contributed by atoms with Crippen LogP contribution in [0.15, 0.2) is 66.4 Å². The molecule has 140 valence electrons. The van der Waals surface area contributed by atoms with Crippen molar-refractivity contribution in [1.82, 2.24) is 4.57 Å². The third kappa shape index (κ3) is 4.96. The number of nitriles is 1. The van der Waals surface area contributed by atoms with Gasteiger partial charge in [0.15, 0.2) is 0 Å². The Balaban J connectivity index is 1.82. The second kappa shape index (κ2) is 8.99. The van der Waals surface area contributed by atoms with Gasteiger partial charge in [-0.2, -0.15) is 5.26 Å². The molecular weight excluding hydrogens is 417 g/mol. The van der Waals surface area contributed by atoms with E-state index >= 15 is 0 Å². The summed E-state index contributed by atoms with van der Waals surface area (Å²) in [5.41, 5.74) is 2.06. The van der Waals surface area contributed by atoms with Crippen LogP contribution in [0.4, 0.5) is 5.69 Å². The highest BCUT2D eigenvalue weighted by Crippen LogP contribution is 2.23. The van der Waals surface area contributed by atoms with Crippen LogP contribution in [-0.2, 0) is 11.3 Å². The number of hydrogen-bond donors (Lipinski definition) is 1. The first-order chi connectivity index (χ1) is 13.5. The maximum atomic E-state index is 12.5. The van der Waals surface area contributed by atoms with Crippen LogP contribution in [0.5, 0.6) is 0 Å². The minimum Gasteiger partial charge on any atom is -0.343 e. The van der Waals surface area contributed by atoms with Crippen molar-refractivity contribution in [2.45, 2.75) is 6.54 Å². The molecule has 2 aromatic carbocycles. The molecule has 0 aliphatic carbocycles. The molecule has 3 rings (SSSR count). The quantitative estimate of drug-likeness (QED) is 0.396. The van der Waals surface area contributed by atoms with Crippen molar-refractivity contribution in [1.29, 1.82) is 5.26 Å². The van der Waals surface area contributed by atoms with Gasteiger partial charge in [0.05, 0.1) is 0 Å². The van der Waals surface area contributed by atoms with Gasteiger partial charge in [-0.1, -0.05) is 46.9 Å². The van der Waals surface area contributed by atoms with E-state index < -0.39 is 5.91 Å². The van der Waals surface area contributed by atoms with Crippen molar-refractivity contribution >= 4 is 52.5 Å². The monoisotopic (exact) mass is 429 g/mol. The van der Waals surface area contributed by atoms with Gasteiger partial charge in [0.1, 0.15) is 11.6 Å². The summed E-state index contributed by atoms with van der Waals surface area (Å²) in [6, 6.07) is 17.6. The van der Waals surface area contributed by atoms with E-state index in [9.17, 15) is 10.1 Å². The fourth-order valence-corrected chi connectivity index (χ4v) is 3.26. The highest BCUT2D eigenvalue weighted by Gasteiger charge is 2.12. The lowest BCUT2D eigenvalue weighted by molar-refractivity contribution is -0.112. The number of aromatic nitrogens is 1. The van der Waals surface area contributed by atoms with E-state index in [-0.39, 0.29) is 5.57 Å². The normalized spacial score (nSPS) is 11.1. The number of carbonyl (C=O) groups is 1. The molecule has 0 saturated heterocycles. The molecule has 3 aromatic rings. The lowest BCUT2D eigenvalue weighted by Crippen LogP contribution is -2.13. The number of halogens is 3. The molecule has 1 amide bonds. The molecule has 4 nitrogen and oxygen atoms in total. The van der Waals surface area contributed by atoms with Crippen LogP contribution < -0.4 is 5.32 Å². The topological polar surface area (TPSA) is 57.8 Å². The summed E-state index contributed by atoms with van der Waals surface area (Å²) in [7, 11) is 0. The molecule has 0 unspecified atom stereocenters. The van der Waals surface area contributed by atoms with Crippen LogP contribution >= 0.6 is 34.8 Å². The molecule has 0 aliphatic heterocycles. The van der Waals surface area contributed by atoms with Gasteiger partial charge in [-0.3, -0.25) is 4.79 Å². The molecule has 0 saturated carbocycles. The van der Waals surface area contributed by atoms with Crippen LogP contribution in [0.1, 0.15) is 11.3 Å². The fraction of sp³-hybridized carbons (Fsp3) is 0.0476. The Morgan fingerprint density at radius 3 is 2.57 bits per heavy atom. The molecule has 0 fully saturated rings. The van der Waals surface area contributed by atoms with E-state index in [0.717, 1.165) is 5.56 Å². The zero-order valence-corrected chi connectivity index (χ0v) is 16.8. The number of amides is 1. The molecule has 0 spiro atoms. The van der Waals surface area contributed by atoms with Gasteiger partial charge in [0, 0.05) is 39.2 Å². The Hall–Kier alpha value is -2.71. The summed E-state index contributed by atoms with van der Waals surface area (Å²) in [4.78, 5) is 12.5. The van der Waals surface area contributed by atoms with Gasteiger partial charge >= 0.3 is 0 Å². The minimum atomic E-state index is -0.512. The number of anilines is 1. The number of benzene rings is 2. The second-order valence-electron chi connectivity index (χ2n) is 5.93. The number of hydrogen-bond acceptors (Lipinski definition) is 2. The molecule has 1 heterocycles. The highest BCUT2D eigenvalue weighted by atomic mass is 35.5. The molecule has 0 bridgehead atoms. The van der Waals surface area contributed by atoms with Crippen LogP contribution in [0.25, 0.3) is 6.08 Å². The van der Waals surface area contributed by atoms with Crippen LogP contribution in [0, 0.1) is 11.3 Å². The maximum Gasteiger partial charge on any atom is 0.266 e. The molecule has 0 aliphatic rings. The lowest BCUT2D eigenvalue weighted by Gasteiger charge is -2.10. The zero-order chi connectivity index (χ0) is 20.1. The summed E-state index contributed by atoms with van der Waals surface area (Å²) in [6.07, 6.45) is 3.38. The Labute approximate surface area is 177 Å². The van der Waals surface area contributed by atoms with E-state index in [1.165, 1.54) is 6.08 Å². The number of nitrogens with zero attached hydrogens (tertiary/aromatic N) is 2. The Bertz CT molecular complexity index is 1100. The smallest absolute Gasteiger partial charge is 0.266 e. The van der Waals surface area contributed by atoms with Crippen molar-refractivity contribution in [3.63, 3.8) is 0 Å². The zero-order valence-electron chi connectivity index (χ0n) is 14.5. The third-order valence-electron chi connectivity index (χ3n) is 3.96. The summed E-state index contributed by atoms with van der Waals surface area (Å²) in [5.74, 6) is -0.512. The summed E-state index contributed by atoms with van der Waals surface area (Å²) in [6.45, 7) is 0.476. The van der Waals surface area contributed by atoms with Crippen molar-refractivity contribution in [2.75, 3.05) is 5.32 Å². The first kappa shape index (κ1) is 20.0. The van der Waals surface area contributed by atoms with Crippen molar-refractivity contribution in [3.05, 3.63) is 92.7 Å². The van der Waals surface area contributed by atoms with E-state index in [2.05, 4.69) is 5.32 Å². The summed E-state index contributed by atoms with van der Waals surface area (Å²) < 4.78 is 1.89. The molecule has 7 heteroatoms. The average Bonchev–Trinajstić information content (AvgIpc) is 3.08. The fourth-order valence-electron chi connectivity index (χ4n) is 2.60. The predicted octanol–water partition coefficient (Wildman–Crippen LogP) is 6.04. The Kier molecular flexibility index (Phi) is 6.43. The van der Waals surface area contributed by atoms with Gasteiger partial charge in [0.25, 0.3) is 5.91 Å². The molecule has 28 heavy (non-hydrogen) atoms. The maximum absolute atomic E-state index is 12.5. The molecule has 1 N–H and O–H groups in total. The van der Waals surface area contributed by atoms with E-state index in [0.29, 0.717) is 33.0 Å². The predicted molar refractivity (Wildman–Crippen MR) is 114 cm³/mol. The van der Waals surface area contributed by atoms with E-state index in [1.807, 2.05) is 35.0 Å². The van der Waals surface area contributed by atoms with Crippen molar-refractivity contribution in [2.24, 2.45) is 0 Å². The van der Waals surface area contributed by atoms with Gasteiger partial charge < -0.3 is 9.88 Å². The van der Waals surface area contributed by atoms with Crippen LogP contribution in [0.3, 0.4) is 0 Å². The number of rotatable bonds is 5. The first-order valence-electron chi connectivity index (χ1n) is 8.24. The summed E-state index contributed by atoms with van der Waals surface area (Å²) in [5, 5.41) is 13.7. The van der Waals surface area contributed by atoms with Crippen molar-refractivity contribution in [3.8, 4) is 6.07 Å². The molecule has 0 radical (unpaired) electrons. The van der Waals surface area contributed by atoms with E-state index in [1.54, 1.807) is 36.4 Å². The average molecular weight is 431 g/mol. The van der Waals surface area contributed by atoms with Gasteiger partial charge in [-0.25, -0.2) is 0 Å².